The lowest BCUT2D eigenvalue weighted by Gasteiger charge is -1.98. The van der Waals surface area contributed by atoms with Crippen LogP contribution in [0.4, 0.5) is 0 Å². The fourth-order valence-corrected chi connectivity index (χ4v) is 0.843. The van der Waals surface area contributed by atoms with Crippen LogP contribution in [-0.4, -0.2) is 16.0 Å². The second-order valence-electron chi connectivity index (χ2n) is 2.38. The first kappa shape index (κ1) is 8.52. The number of oxime groups is 1. The molecule has 1 heterocycles. The zero-order valence-electron chi connectivity index (χ0n) is 6.86. The number of hydrogen-bond donors (Lipinski definition) is 2. The maximum absolute atomic E-state index is 8.35. The van der Waals surface area contributed by atoms with Crippen molar-refractivity contribution in [2.45, 2.75) is 13.3 Å². The molecule has 12 heavy (non-hydrogen) atoms. The van der Waals surface area contributed by atoms with Gasteiger partial charge in [0.05, 0.1) is 0 Å². The van der Waals surface area contributed by atoms with E-state index in [0.29, 0.717) is 5.56 Å². The molecule has 64 valence electrons. The molecule has 0 aliphatic carbocycles. The third kappa shape index (κ3) is 1.72. The molecule has 1 aromatic rings. The second-order valence-corrected chi connectivity index (χ2v) is 2.38. The second kappa shape index (κ2) is 3.71. The van der Waals surface area contributed by atoms with E-state index in [9.17, 15) is 0 Å². The summed E-state index contributed by atoms with van der Waals surface area (Å²) in [7, 11) is 0. The summed E-state index contributed by atoms with van der Waals surface area (Å²) in [6.07, 6.45) is 2.48. The van der Waals surface area contributed by atoms with E-state index in [2.05, 4.69) is 10.1 Å². The summed E-state index contributed by atoms with van der Waals surface area (Å²) < 4.78 is 0. The summed E-state index contributed by atoms with van der Waals surface area (Å²) in [6, 6.07) is 3.63. The minimum Gasteiger partial charge on any atom is -0.409 e. The van der Waals surface area contributed by atoms with E-state index < -0.39 is 0 Å². The first-order chi connectivity index (χ1) is 5.77. The third-order valence-corrected chi connectivity index (χ3v) is 1.59. The van der Waals surface area contributed by atoms with Crippen LogP contribution >= 0.6 is 0 Å². The highest BCUT2D eigenvalue weighted by atomic mass is 16.4. The molecule has 4 nitrogen and oxygen atoms in total. The van der Waals surface area contributed by atoms with Gasteiger partial charge in [-0.3, -0.25) is 4.98 Å². The Labute approximate surface area is 70.7 Å². The molecule has 0 aliphatic rings. The van der Waals surface area contributed by atoms with E-state index in [1.54, 1.807) is 12.3 Å². The van der Waals surface area contributed by atoms with Crippen LogP contribution in [0.5, 0.6) is 0 Å². The van der Waals surface area contributed by atoms with Crippen LogP contribution in [0.15, 0.2) is 23.5 Å². The van der Waals surface area contributed by atoms with Gasteiger partial charge in [-0.15, -0.1) is 0 Å². The van der Waals surface area contributed by atoms with Gasteiger partial charge in [0.25, 0.3) is 0 Å². The molecule has 0 unspecified atom stereocenters. The molecule has 1 rings (SSSR count). The number of nitrogens with zero attached hydrogens (tertiary/aromatic N) is 2. The van der Waals surface area contributed by atoms with Gasteiger partial charge in [0.1, 0.15) is 0 Å². The van der Waals surface area contributed by atoms with Crippen molar-refractivity contribution < 1.29 is 5.21 Å². The Morgan fingerprint density at radius 2 is 2.42 bits per heavy atom. The summed E-state index contributed by atoms with van der Waals surface area (Å²) >= 11 is 0. The average molecular weight is 165 g/mol. The predicted octanol–water partition coefficient (Wildman–Crippen LogP) is 0.739. The smallest absolute Gasteiger partial charge is 0.171 e. The number of amidine groups is 1. The maximum atomic E-state index is 8.35. The Kier molecular flexibility index (Phi) is 2.63. The van der Waals surface area contributed by atoms with Crippen molar-refractivity contribution in [1.29, 1.82) is 0 Å². The summed E-state index contributed by atoms with van der Waals surface area (Å²) in [5, 5.41) is 11.2. The van der Waals surface area contributed by atoms with Gasteiger partial charge in [-0.2, -0.15) is 0 Å². The van der Waals surface area contributed by atoms with Gasteiger partial charge in [-0.25, -0.2) is 0 Å². The van der Waals surface area contributed by atoms with Gasteiger partial charge in [-0.1, -0.05) is 12.1 Å². The van der Waals surface area contributed by atoms with Gasteiger partial charge < -0.3 is 10.9 Å². The molecular formula is C8H11N3O. The number of aromatic nitrogens is 1. The normalized spacial score (nSPS) is 11.6. The first-order valence-electron chi connectivity index (χ1n) is 3.70. The minimum absolute atomic E-state index is 0.0881. The van der Waals surface area contributed by atoms with Crippen molar-refractivity contribution >= 4 is 5.84 Å². The van der Waals surface area contributed by atoms with Crippen LogP contribution < -0.4 is 5.73 Å². The van der Waals surface area contributed by atoms with Crippen LogP contribution in [0.3, 0.4) is 0 Å². The van der Waals surface area contributed by atoms with Crippen molar-refractivity contribution in [3.05, 3.63) is 29.6 Å². The molecule has 0 amide bonds. The Bertz CT molecular complexity index is 279. The van der Waals surface area contributed by atoms with Crippen LogP contribution in [-0.2, 0) is 6.42 Å². The molecule has 0 aliphatic heterocycles. The molecule has 0 spiro atoms. The molecule has 1 aromatic heterocycles. The molecule has 0 fully saturated rings. The molecule has 0 saturated carbocycles. The Hall–Kier alpha value is -1.58. The molecule has 3 N–H and O–H groups in total. The lowest BCUT2D eigenvalue weighted by atomic mass is 10.2. The standard InChI is InChI=1S/C8H11N3O/c1-2-7-4-3-6(5-10-7)8(9)11-12/h3-5,12H,2H2,1H3,(H2,9,11). The average Bonchev–Trinajstić information content (AvgIpc) is 2.17. The zero-order valence-corrected chi connectivity index (χ0v) is 6.86. The van der Waals surface area contributed by atoms with E-state index in [4.69, 9.17) is 10.9 Å². The topological polar surface area (TPSA) is 71.5 Å². The highest BCUT2D eigenvalue weighted by molar-refractivity contribution is 5.96. The fourth-order valence-electron chi connectivity index (χ4n) is 0.843. The van der Waals surface area contributed by atoms with Crippen LogP contribution in [0.25, 0.3) is 0 Å². The quantitative estimate of drug-likeness (QED) is 0.294. The number of nitrogens with two attached hydrogens (primary N) is 1. The number of rotatable bonds is 2. The van der Waals surface area contributed by atoms with Gasteiger partial charge in [0, 0.05) is 17.5 Å². The molecule has 0 bridgehead atoms. The Morgan fingerprint density at radius 1 is 1.67 bits per heavy atom. The predicted molar refractivity (Wildman–Crippen MR) is 46.1 cm³/mol. The number of hydrogen-bond acceptors (Lipinski definition) is 3. The number of pyridine rings is 1. The molecular weight excluding hydrogens is 154 g/mol. The Morgan fingerprint density at radius 3 is 2.83 bits per heavy atom. The Balaban J connectivity index is 2.92. The maximum Gasteiger partial charge on any atom is 0.171 e. The van der Waals surface area contributed by atoms with Gasteiger partial charge in [0.15, 0.2) is 5.84 Å². The monoisotopic (exact) mass is 165 g/mol. The SMILES string of the molecule is CCc1ccc(C(N)=NO)cn1. The van der Waals surface area contributed by atoms with E-state index in [1.807, 2.05) is 13.0 Å². The first-order valence-corrected chi connectivity index (χ1v) is 3.70. The van der Waals surface area contributed by atoms with E-state index in [-0.39, 0.29) is 5.84 Å². The van der Waals surface area contributed by atoms with E-state index >= 15 is 0 Å². The summed E-state index contributed by atoms with van der Waals surface area (Å²) in [4.78, 5) is 4.09. The molecule has 0 aromatic carbocycles. The van der Waals surface area contributed by atoms with E-state index in [0.717, 1.165) is 12.1 Å². The third-order valence-electron chi connectivity index (χ3n) is 1.59. The van der Waals surface area contributed by atoms with Crippen LogP contribution in [0.1, 0.15) is 18.2 Å². The largest absolute Gasteiger partial charge is 0.409 e. The summed E-state index contributed by atoms with van der Waals surface area (Å²) in [5.74, 6) is 0.0881. The van der Waals surface area contributed by atoms with Crippen molar-refractivity contribution in [2.24, 2.45) is 10.9 Å². The van der Waals surface area contributed by atoms with Gasteiger partial charge in [0.2, 0.25) is 0 Å². The lowest BCUT2D eigenvalue weighted by Crippen LogP contribution is -2.13. The van der Waals surface area contributed by atoms with Crippen molar-refractivity contribution in [2.75, 3.05) is 0 Å². The lowest BCUT2D eigenvalue weighted by molar-refractivity contribution is 0.318. The summed E-state index contributed by atoms with van der Waals surface area (Å²) in [5.41, 5.74) is 6.97. The van der Waals surface area contributed by atoms with Gasteiger partial charge >= 0.3 is 0 Å². The summed E-state index contributed by atoms with van der Waals surface area (Å²) in [6.45, 7) is 2.02. The van der Waals surface area contributed by atoms with Crippen LogP contribution in [0, 0.1) is 0 Å². The highest BCUT2D eigenvalue weighted by Crippen LogP contribution is 1.99. The fraction of sp³-hybridized carbons (Fsp3) is 0.250. The highest BCUT2D eigenvalue weighted by Gasteiger charge is 1.98. The van der Waals surface area contributed by atoms with Crippen LogP contribution in [0.2, 0.25) is 0 Å². The van der Waals surface area contributed by atoms with Crippen molar-refractivity contribution in [1.82, 2.24) is 4.98 Å². The number of aryl methyl sites for hydroxylation is 1. The minimum atomic E-state index is 0.0881. The molecule has 0 atom stereocenters. The van der Waals surface area contributed by atoms with Gasteiger partial charge in [-0.05, 0) is 18.6 Å². The van der Waals surface area contributed by atoms with Crippen molar-refractivity contribution in [3.8, 4) is 0 Å². The van der Waals surface area contributed by atoms with E-state index in [1.165, 1.54) is 0 Å². The molecule has 0 saturated heterocycles. The molecule has 0 radical (unpaired) electrons. The van der Waals surface area contributed by atoms with Crippen molar-refractivity contribution in [3.63, 3.8) is 0 Å². The molecule has 4 heteroatoms. The zero-order chi connectivity index (χ0) is 8.97.